The van der Waals surface area contributed by atoms with Crippen molar-refractivity contribution in [3.8, 4) is 0 Å². The molecule has 0 spiro atoms. The SMILES string of the molecule is C=CCn1c(=NC(=O)Cc2cc(C)ccc2C)sc2cc(S(N)(=O)=O)ccc21. The zero-order chi connectivity index (χ0) is 20.5. The smallest absolute Gasteiger partial charge is 0.252 e. The van der Waals surface area contributed by atoms with E-state index in [0.717, 1.165) is 22.2 Å². The van der Waals surface area contributed by atoms with Gasteiger partial charge in [-0.2, -0.15) is 4.99 Å². The number of aromatic nitrogens is 1. The number of carbonyl (C=O) groups excluding carboxylic acids is 1. The third kappa shape index (κ3) is 4.30. The number of rotatable bonds is 5. The van der Waals surface area contributed by atoms with Crippen molar-refractivity contribution in [3.63, 3.8) is 0 Å². The van der Waals surface area contributed by atoms with Gasteiger partial charge >= 0.3 is 0 Å². The van der Waals surface area contributed by atoms with Crippen molar-refractivity contribution in [2.75, 3.05) is 0 Å². The van der Waals surface area contributed by atoms with Gasteiger partial charge in [-0.1, -0.05) is 41.2 Å². The molecule has 3 aromatic rings. The number of nitrogens with two attached hydrogens (primary N) is 1. The lowest BCUT2D eigenvalue weighted by Crippen LogP contribution is -2.17. The Bertz CT molecular complexity index is 1250. The maximum Gasteiger partial charge on any atom is 0.252 e. The fourth-order valence-electron chi connectivity index (χ4n) is 2.92. The highest BCUT2D eigenvalue weighted by molar-refractivity contribution is 7.89. The molecule has 2 aromatic carbocycles. The Morgan fingerprint density at radius 1 is 1.25 bits per heavy atom. The number of carbonyl (C=O) groups is 1. The van der Waals surface area contributed by atoms with Crippen LogP contribution in [0.1, 0.15) is 16.7 Å². The Kier molecular flexibility index (Phi) is 5.64. The van der Waals surface area contributed by atoms with Crippen LogP contribution in [0.25, 0.3) is 10.2 Å². The van der Waals surface area contributed by atoms with Crippen LogP contribution in [-0.4, -0.2) is 18.9 Å². The Morgan fingerprint density at radius 3 is 2.68 bits per heavy atom. The van der Waals surface area contributed by atoms with E-state index in [1.165, 1.54) is 23.5 Å². The van der Waals surface area contributed by atoms with Gasteiger partial charge < -0.3 is 4.57 Å². The molecule has 3 rings (SSSR count). The molecule has 0 unspecified atom stereocenters. The van der Waals surface area contributed by atoms with E-state index in [4.69, 9.17) is 5.14 Å². The van der Waals surface area contributed by atoms with E-state index in [9.17, 15) is 13.2 Å². The summed E-state index contributed by atoms with van der Waals surface area (Å²) in [6, 6.07) is 10.6. The molecule has 1 amide bonds. The second kappa shape index (κ2) is 7.83. The summed E-state index contributed by atoms with van der Waals surface area (Å²) in [6.07, 6.45) is 1.91. The Labute approximate surface area is 167 Å². The van der Waals surface area contributed by atoms with Gasteiger partial charge in [-0.3, -0.25) is 4.79 Å². The summed E-state index contributed by atoms with van der Waals surface area (Å²) in [7, 11) is -3.80. The lowest BCUT2D eigenvalue weighted by Gasteiger charge is -2.05. The van der Waals surface area contributed by atoms with Gasteiger partial charge in [0.15, 0.2) is 4.80 Å². The van der Waals surface area contributed by atoms with E-state index in [-0.39, 0.29) is 17.2 Å². The number of benzene rings is 2. The highest BCUT2D eigenvalue weighted by Gasteiger charge is 2.13. The summed E-state index contributed by atoms with van der Waals surface area (Å²) in [4.78, 5) is 17.4. The molecule has 0 saturated carbocycles. The third-order valence-electron chi connectivity index (χ3n) is 4.36. The van der Waals surface area contributed by atoms with Crippen LogP contribution in [0.2, 0.25) is 0 Å². The van der Waals surface area contributed by atoms with Crippen LogP contribution in [0.15, 0.2) is 58.9 Å². The molecular formula is C20H21N3O3S2. The maximum atomic E-state index is 12.6. The van der Waals surface area contributed by atoms with Gasteiger partial charge in [-0.05, 0) is 43.2 Å². The monoisotopic (exact) mass is 415 g/mol. The standard InChI is InChI=1S/C20H21N3O3S2/c1-4-9-23-17-8-7-16(28(21,25)26)12-18(17)27-20(23)22-19(24)11-15-10-13(2)5-6-14(15)3/h4-8,10,12H,1,9,11H2,2-3H3,(H2,21,25,26). The number of allylic oxidation sites excluding steroid dienone is 1. The van der Waals surface area contributed by atoms with Crippen LogP contribution in [0.3, 0.4) is 0 Å². The zero-order valence-corrected chi connectivity index (χ0v) is 17.3. The van der Waals surface area contributed by atoms with Crippen molar-refractivity contribution in [2.45, 2.75) is 31.7 Å². The normalized spacial score (nSPS) is 12.5. The molecule has 8 heteroatoms. The largest absolute Gasteiger partial charge is 0.313 e. The molecule has 0 aliphatic rings. The first-order valence-electron chi connectivity index (χ1n) is 8.60. The van der Waals surface area contributed by atoms with Crippen molar-refractivity contribution in [3.05, 3.63) is 70.5 Å². The van der Waals surface area contributed by atoms with E-state index in [1.807, 2.05) is 36.6 Å². The predicted molar refractivity (Wildman–Crippen MR) is 112 cm³/mol. The first-order chi connectivity index (χ1) is 13.2. The number of nitrogens with zero attached hydrogens (tertiary/aromatic N) is 2. The number of primary sulfonamides is 1. The molecule has 0 atom stereocenters. The number of hydrogen-bond donors (Lipinski definition) is 1. The molecule has 2 N–H and O–H groups in total. The summed E-state index contributed by atoms with van der Waals surface area (Å²) >= 11 is 1.25. The van der Waals surface area contributed by atoms with E-state index in [0.29, 0.717) is 16.0 Å². The summed E-state index contributed by atoms with van der Waals surface area (Å²) in [5.74, 6) is -0.260. The molecule has 0 radical (unpaired) electrons. The molecule has 0 aliphatic heterocycles. The van der Waals surface area contributed by atoms with Crippen LogP contribution in [0, 0.1) is 13.8 Å². The molecule has 0 saturated heterocycles. The zero-order valence-electron chi connectivity index (χ0n) is 15.7. The van der Waals surface area contributed by atoms with Crippen LogP contribution in [0.5, 0.6) is 0 Å². The van der Waals surface area contributed by atoms with Gasteiger partial charge in [-0.25, -0.2) is 13.6 Å². The lowest BCUT2D eigenvalue weighted by molar-refractivity contribution is -0.117. The van der Waals surface area contributed by atoms with E-state index in [2.05, 4.69) is 11.6 Å². The van der Waals surface area contributed by atoms with E-state index >= 15 is 0 Å². The molecule has 0 bridgehead atoms. The fraction of sp³-hybridized carbons (Fsp3) is 0.200. The van der Waals surface area contributed by atoms with Crippen LogP contribution >= 0.6 is 11.3 Å². The van der Waals surface area contributed by atoms with Gasteiger partial charge in [0, 0.05) is 6.54 Å². The van der Waals surface area contributed by atoms with Crippen LogP contribution in [0.4, 0.5) is 0 Å². The number of fused-ring (bicyclic) bond motifs is 1. The molecular weight excluding hydrogens is 394 g/mol. The van der Waals surface area contributed by atoms with Gasteiger partial charge in [0.25, 0.3) is 5.91 Å². The quantitative estimate of drug-likeness (QED) is 0.649. The average molecular weight is 416 g/mol. The van der Waals surface area contributed by atoms with Crippen molar-refractivity contribution < 1.29 is 13.2 Å². The number of thiazole rings is 1. The van der Waals surface area contributed by atoms with Crippen molar-refractivity contribution in [1.82, 2.24) is 4.57 Å². The Morgan fingerprint density at radius 2 is 2.00 bits per heavy atom. The van der Waals surface area contributed by atoms with Crippen molar-refractivity contribution in [2.24, 2.45) is 10.1 Å². The summed E-state index contributed by atoms with van der Waals surface area (Å²) < 4.78 is 25.8. The first kappa shape index (κ1) is 20.2. The summed E-state index contributed by atoms with van der Waals surface area (Å²) in [6.45, 7) is 8.15. The highest BCUT2D eigenvalue weighted by Crippen LogP contribution is 2.21. The minimum absolute atomic E-state index is 0.0280. The molecule has 0 fully saturated rings. The number of amides is 1. The molecule has 28 heavy (non-hydrogen) atoms. The highest BCUT2D eigenvalue weighted by atomic mass is 32.2. The third-order valence-corrected chi connectivity index (χ3v) is 6.31. The Hall–Kier alpha value is -2.55. The van der Waals surface area contributed by atoms with E-state index in [1.54, 1.807) is 12.1 Å². The second-order valence-electron chi connectivity index (χ2n) is 6.57. The fourth-order valence-corrected chi connectivity index (χ4v) is 4.63. The van der Waals surface area contributed by atoms with Crippen molar-refractivity contribution >= 4 is 37.5 Å². The summed E-state index contributed by atoms with van der Waals surface area (Å²) in [5.41, 5.74) is 3.85. The predicted octanol–water partition coefficient (Wildman–Crippen LogP) is 2.82. The maximum absolute atomic E-state index is 12.6. The Balaban J connectivity index is 2.07. The average Bonchev–Trinajstić information content (AvgIpc) is 2.94. The van der Waals surface area contributed by atoms with Crippen LogP contribution in [-0.2, 0) is 27.8 Å². The van der Waals surface area contributed by atoms with Gasteiger partial charge in [-0.15, -0.1) is 6.58 Å². The topological polar surface area (TPSA) is 94.5 Å². The number of aryl methyl sites for hydroxylation is 2. The molecule has 1 aromatic heterocycles. The molecule has 1 heterocycles. The van der Waals surface area contributed by atoms with Gasteiger partial charge in [0.1, 0.15) is 0 Å². The minimum atomic E-state index is -3.80. The number of hydrogen-bond acceptors (Lipinski definition) is 4. The molecule has 146 valence electrons. The van der Waals surface area contributed by atoms with Gasteiger partial charge in [0.2, 0.25) is 10.0 Å². The number of sulfonamides is 1. The second-order valence-corrected chi connectivity index (χ2v) is 9.14. The summed E-state index contributed by atoms with van der Waals surface area (Å²) in [5, 5.41) is 5.22. The van der Waals surface area contributed by atoms with Gasteiger partial charge in [0.05, 0.1) is 21.5 Å². The molecule has 0 aliphatic carbocycles. The minimum Gasteiger partial charge on any atom is -0.313 e. The van der Waals surface area contributed by atoms with E-state index < -0.39 is 10.0 Å². The lowest BCUT2D eigenvalue weighted by atomic mass is 10.0. The van der Waals surface area contributed by atoms with Crippen LogP contribution < -0.4 is 9.94 Å². The first-order valence-corrected chi connectivity index (χ1v) is 11.0. The molecule has 6 nitrogen and oxygen atoms in total. The van der Waals surface area contributed by atoms with Crippen molar-refractivity contribution in [1.29, 1.82) is 0 Å².